The summed E-state index contributed by atoms with van der Waals surface area (Å²) in [6.45, 7) is 2.18. The van der Waals surface area contributed by atoms with Crippen LogP contribution in [0.1, 0.15) is 46.8 Å². The van der Waals surface area contributed by atoms with Crippen molar-refractivity contribution in [2.24, 2.45) is 0 Å². The smallest absolute Gasteiger partial charge is 0.154 e. The van der Waals surface area contributed by atoms with Gasteiger partial charge in [-0.05, 0) is 72.0 Å². The van der Waals surface area contributed by atoms with Crippen LogP contribution in [0.2, 0.25) is 6.32 Å². The number of ketones is 1. The van der Waals surface area contributed by atoms with Crippen molar-refractivity contribution in [1.82, 2.24) is 0 Å². The number of aryl methyl sites for hydroxylation is 3. The lowest BCUT2D eigenvalue weighted by atomic mass is 9.84. The minimum Gasteiger partial charge on any atom is -0.295 e. The summed E-state index contributed by atoms with van der Waals surface area (Å²) in [7, 11) is 5.48. The predicted molar refractivity (Wildman–Crippen MR) is 84.9 cm³/mol. The molecule has 2 aromatic rings. The van der Waals surface area contributed by atoms with Gasteiger partial charge in [0.15, 0.2) is 5.78 Å². The first-order valence-corrected chi connectivity index (χ1v) is 7.55. The molecule has 0 heterocycles. The van der Waals surface area contributed by atoms with E-state index in [1.165, 1.54) is 53.1 Å². The van der Waals surface area contributed by atoms with Crippen LogP contribution < -0.4 is 0 Å². The van der Waals surface area contributed by atoms with Crippen molar-refractivity contribution < 1.29 is 4.79 Å². The zero-order valence-corrected chi connectivity index (χ0v) is 12.0. The van der Waals surface area contributed by atoms with Gasteiger partial charge < -0.3 is 0 Å². The molecule has 0 saturated heterocycles. The molecule has 0 bridgehead atoms. The molecule has 0 spiro atoms. The Balaban J connectivity index is 2.26. The van der Waals surface area contributed by atoms with E-state index in [1.807, 2.05) is 12.1 Å². The van der Waals surface area contributed by atoms with Crippen LogP contribution in [-0.2, 0) is 19.3 Å². The third-order valence-electron chi connectivity index (χ3n) is 4.44. The van der Waals surface area contributed by atoms with E-state index in [2.05, 4.69) is 19.1 Å². The van der Waals surface area contributed by atoms with Crippen LogP contribution >= 0.6 is 0 Å². The minimum absolute atomic E-state index is 0.0201. The molecule has 0 fully saturated rings. The quantitative estimate of drug-likeness (QED) is 0.602. The average molecular weight is 262 g/mol. The van der Waals surface area contributed by atoms with Crippen LogP contribution in [0.5, 0.6) is 0 Å². The monoisotopic (exact) mass is 262 g/mol. The maximum atomic E-state index is 11.8. The maximum Gasteiger partial charge on any atom is 0.154 e. The zero-order valence-electron chi connectivity index (χ0n) is 12.0. The van der Waals surface area contributed by atoms with E-state index < -0.39 is 0 Å². The molecule has 100 valence electrons. The number of carbonyl (C=O) groups excluding carboxylic acids is 1. The van der Waals surface area contributed by atoms with Gasteiger partial charge in [-0.1, -0.05) is 25.1 Å². The summed E-state index contributed by atoms with van der Waals surface area (Å²) in [5, 5.41) is 2.58. The lowest BCUT2D eigenvalue weighted by Crippen LogP contribution is -2.06. The van der Waals surface area contributed by atoms with Crippen molar-refractivity contribution in [2.75, 3.05) is 0 Å². The molecule has 0 saturated carbocycles. The Bertz CT molecular complexity index is 673. The Labute approximate surface area is 121 Å². The minimum atomic E-state index is 0.0201. The second-order valence-corrected chi connectivity index (χ2v) is 5.62. The fourth-order valence-electron chi connectivity index (χ4n) is 3.34. The molecular formula is C18H19BO. The Kier molecular flexibility index (Phi) is 3.65. The molecule has 0 atom stereocenters. The van der Waals surface area contributed by atoms with Crippen molar-refractivity contribution >= 4 is 24.4 Å². The third kappa shape index (κ3) is 2.17. The van der Waals surface area contributed by atoms with E-state index in [9.17, 15) is 4.79 Å². The molecule has 1 nitrogen and oxygen atoms in total. The van der Waals surface area contributed by atoms with Gasteiger partial charge >= 0.3 is 0 Å². The number of benzene rings is 2. The van der Waals surface area contributed by atoms with Crippen LogP contribution in [0, 0.1) is 0 Å². The van der Waals surface area contributed by atoms with Gasteiger partial charge in [0, 0.05) is 5.56 Å². The molecule has 2 aromatic carbocycles. The number of hydrogen-bond acceptors (Lipinski definition) is 1. The van der Waals surface area contributed by atoms with Gasteiger partial charge in [-0.2, -0.15) is 0 Å². The number of rotatable bonds is 3. The lowest BCUT2D eigenvalue weighted by Gasteiger charge is -2.20. The lowest BCUT2D eigenvalue weighted by molar-refractivity contribution is 0.101. The molecular weight excluding hydrogens is 243 g/mol. The highest BCUT2D eigenvalue weighted by Crippen LogP contribution is 2.32. The Morgan fingerprint density at radius 1 is 1.15 bits per heavy atom. The van der Waals surface area contributed by atoms with E-state index in [0.717, 1.165) is 12.0 Å². The first kappa shape index (κ1) is 13.4. The van der Waals surface area contributed by atoms with Crippen LogP contribution in [-0.4, -0.2) is 13.6 Å². The fourth-order valence-corrected chi connectivity index (χ4v) is 3.34. The van der Waals surface area contributed by atoms with Gasteiger partial charge in [0.05, 0.1) is 7.85 Å². The molecule has 2 heteroatoms. The van der Waals surface area contributed by atoms with Gasteiger partial charge in [0.25, 0.3) is 0 Å². The standard InChI is InChI=1S/C18H19BO/c1-2-12-9-13-5-3-4-6-15(13)16-8-7-14(10-17(12)16)18(20)11-19/h7-10H,2-6,11H2,1H3. The molecule has 2 radical (unpaired) electrons. The molecule has 1 aliphatic carbocycles. The molecule has 20 heavy (non-hydrogen) atoms. The van der Waals surface area contributed by atoms with Crippen molar-refractivity contribution in [3.8, 4) is 0 Å². The van der Waals surface area contributed by atoms with Gasteiger partial charge in [0.1, 0.15) is 0 Å². The second kappa shape index (κ2) is 5.44. The van der Waals surface area contributed by atoms with E-state index in [1.54, 1.807) is 0 Å². The highest BCUT2D eigenvalue weighted by Gasteiger charge is 2.16. The van der Waals surface area contributed by atoms with Gasteiger partial charge in [-0.3, -0.25) is 4.79 Å². The predicted octanol–water partition coefficient (Wildman–Crippen LogP) is 4.05. The number of hydrogen-bond donors (Lipinski definition) is 0. The van der Waals surface area contributed by atoms with Crippen molar-refractivity contribution in [3.63, 3.8) is 0 Å². The SMILES string of the molecule is [B]CC(=O)c1ccc2c3c(cc(CC)c2c1)CCCC3. The molecule has 3 rings (SSSR count). The van der Waals surface area contributed by atoms with Crippen molar-refractivity contribution in [2.45, 2.75) is 45.3 Å². The fraction of sp³-hybridized carbons (Fsp3) is 0.389. The maximum absolute atomic E-state index is 11.8. The Morgan fingerprint density at radius 2 is 1.95 bits per heavy atom. The highest BCUT2D eigenvalue weighted by atomic mass is 16.1. The average Bonchev–Trinajstić information content (AvgIpc) is 2.52. The number of fused-ring (bicyclic) bond motifs is 3. The van der Waals surface area contributed by atoms with Crippen LogP contribution in [0.3, 0.4) is 0 Å². The van der Waals surface area contributed by atoms with Gasteiger partial charge in [-0.15, -0.1) is 0 Å². The summed E-state index contributed by atoms with van der Waals surface area (Å²) in [4.78, 5) is 11.8. The summed E-state index contributed by atoms with van der Waals surface area (Å²) in [5.74, 6) is 0.0201. The molecule has 0 N–H and O–H groups in total. The summed E-state index contributed by atoms with van der Waals surface area (Å²) < 4.78 is 0. The summed E-state index contributed by atoms with van der Waals surface area (Å²) in [6.07, 6.45) is 6.02. The summed E-state index contributed by atoms with van der Waals surface area (Å²) in [5.41, 5.74) is 5.10. The van der Waals surface area contributed by atoms with Crippen LogP contribution in [0.4, 0.5) is 0 Å². The number of carbonyl (C=O) groups is 1. The summed E-state index contributed by atoms with van der Waals surface area (Å²) in [6, 6.07) is 8.46. The van der Waals surface area contributed by atoms with E-state index in [4.69, 9.17) is 7.85 Å². The normalized spacial score (nSPS) is 14.2. The zero-order chi connectivity index (χ0) is 14.1. The largest absolute Gasteiger partial charge is 0.295 e. The van der Waals surface area contributed by atoms with E-state index in [-0.39, 0.29) is 12.1 Å². The number of Topliss-reactive ketones (excluding diaryl/α,β-unsaturated/α-hetero) is 1. The molecule has 0 aromatic heterocycles. The second-order valence-electron chi connectivity index (χ2n) is 5.62. The van der Waals surface area contributed by atoms with Crippen molar-refractivity contribution in [3.05, 3.63) is 46.5 Å². The highest BCUT2D eigenvalue weighted by molar-refractivity contribution is 6.24. The van der Waals surface area contributed by atoms with Crippen LogP contribution in [0.15, 0.2) is 24.3 Å². The van der Waals surface area contributed by atoms with Gasteiger partial charge in [-0.25, -0.2) is 0 Å². The molecule has 0 unspecified atom stereocenters. The Morgan fingerprint density at radius 3 is 2.70 bits per heavy atom. The molecule has 0 aliphatic heterocycles. The van der Waals surface area contributed by atoms with Crippen molar-refractivity contribution in [1.29, 1.82) is 0 Å². The molecule has 1 aliphatic rings. The first-order valence-electron chi connectivity index (χ1n) is 7.55. The topological polar surface area (TPSA) is 17.1 Å². The molecule has 0 amide bonds. The van der Waals surface area contributed by atoms with E-state index >= 15 is 0 Å². The summed E-state index contributed by atoms with van der Waals surface area (Å²) >= 11 is 0. The first-order chi connectivity index (χ1) is 9.74. The van der Waals surface area contributed by atoms with Gasteiger partial charge in [0.2, 0.25) is 0 Å². The van der Waals surface area contributed by atoms with E-state index in [0.29, 0.717) is 0 Å². The Hall–Kier alpha value is -1.57. The third-order valence-corrected chi connectivity index (χ3v) is 4.44. The van der Waals surface area contributed by atoms with Crippen LogP contribution in [0.25, 0.3) is 10.8 Å².